The Morgan fingerprint density at radius 3 is 3.07 bits per heavy atom. The molecule has 2 rings (SSSR count). The molecule has 15 heavy (non-hydrogen) atoms. The maximum absolute atomic E-state index is 9.53. The lowest BCUT2D eigenvalue weighted by atomic mass is 9.76. The molecule has 82 valence electrons. The van der Waals surface area contributed by atoms with Crippen molar-refractivity contribution in [3.8, 4) is 5.75 Å². The summed E-state index contributed by atoms with van der Waals surface area (Å²) in [5, 5.41) is 9.53. The van der Waals surface area contributed by atoms with Gasteiger partial charge in [-0.05, 0) is 60.9 Å². The maximum Gasteiger partial charge on any atom is 0.115 e. The molecular weight excluding hydrogens is 186 g/mol. The van der Waals surface area contributed by atoms with Gasteiger partial charge in [-0.15, -0.1) is 0 Å². The topological polar surface area (TPSA) is 46.2 Å². The third-order valence-corrected chi connectivity index (χ3v) is 3.55. The molecule has 0 aliphatic heterocycles. The van der Waals surface area contributed by atoms with E-state index in [4.69, 9.17) is 5.73 Å². The zero-order valence-corrected chi connectivity index (χ0v) is 9.24. The number of fused-ring (bicyclic) bond motifs is 1. The second kappa shape index (κ2) is 4.23. The average molecular weight is 205 g/mol. The third-order valence-electron chi connectivity index (χ3n) is 3.55. The molecule has 0 aromatic heterocycles. The molecule has 0 radical (unpaired) electrons. The number of nitrogens with two attached hydrogens (primary N) is 1. The highest BCUT2D eigenvalue weighted by Gasteiger charge is 2.24. The maximum atomic E-state index is 9.53. The quantitative estimate of drug-likeness (QED) is 0.778. The van der Waals surface area contributed by atoms with Crippen LogP contribution >= 0.6 is 0 Å². The van der Waals surface area contributed by atoms with Gasteiger partial charge in [0, 0.05) is 0 Å². The number of benzene rings is 1. The Kier molecular flexibility index (Phi) is 2.96. The van der Waals surface area contributed by atoms with Gasteiger partial charge in [0.2, 0.25) is 0 Å². The lowest BCUT2D eigenvalue weighted by molar-refractivity contribution is 0.409. The normalized spacial score (nSPS) is 22.1. The fraction of sp³-hybridized carbons (Fsp3) is 0.538. The van der Waals surface area contributed by atoms with Gasteiger partial charge in [-0.25, -0.2) is 0 Å². The van der Waals surface area contributed by atoms with E-state index in [2.05, 4.69) is 13.0 Å². The number of hydrogen-bond acceptors (Lipinski definition) is 2. The van der Waals surface area contributed by atoms with Crippen LogP contribution in [-0.2, 0) is 6.42 Å². The van der Waals surface area contributed by atoms with E-state index >= 15 is 0 Å². The first-order valence-electron chi connectivity index (χ1n) is 5.74. The summed E-state index contributed by atoms with van der Waals surface area (Å²) < 4.78 is 0. The number of phenols is 1. The molecule has 0 bridgehead atoms. The minimum atomic E-state index is 0.380. The highest BCUT2D eigenvalue weighted by Crippen LogP contribution is 2.37. The predicted octanol–water partition coefficient (Wildman–Crippen LogP) is 2.41. The third kappa shape index (κ3) is 2.00. The van der Waals surface area contributed by atoms with Crippen molar-refractivity contribution >= 4 is 0 Å². The molecule has 2 nitrogen and oxygen atoms in total. The van der Waals surface area contributed by atoms with Gasteiger partial charge < -0.3 is 10.8 Å². The summed E-state index contributed by atoms with van der Waals surface area (Å²) in [6.07, 6.45) is 3.59. The molecular formula is C13H19NO. The number of aryl methyl sites for hydroxylation is 1. The molecule has 1 aromatic carbocycles. The lowest BCUT2D eigenvalue weighted by Gasteiger charge is -2.29. The van der Waals surface area contributed by atoms with Gasteiger partial charge in [0.1, 0.15) is 5.75 Å². The molecule has 3 N–H and O–H groups in total. The Balaban J connectivity index is 2.36. The van der Waals surface area contributed by atoms with E-state index in [0.717, 1.165) is 13.0 Å². The van der Waals surface area contributed by atoms with E-state index < -0.39 is 0 Å². The van der Waals surface area contributed by atoms with Crippen LogP contribution in [0.4, 0.5) is 0 Å². The van der Waals surface area contributed by atoms with Gasteiger partial charge in [-0.3, -0.25) is 0 Å². The van der Waals surface area contributed by atoms with Crippen LogP contribution in [0.15, 0.2) is 18.2 Å². The standard InChI is InChI=1S/C13H19NO/c1-9(8-14)12-4-2-3-10-5-6-11(15)7-13(10)12/h5-7,9,12,15H,2-4,8,14H2,1H3. The summed E-state index contributed by atoms with van der Waals surface area (Å²) in [7, 11) is 0. The fourth-order valence-corrected chi connectivity index (χ4v) is 2.58. The van der Waals surface area contributed by atoms with Crippen LogP contribution in [-0.4, -0.2) is 11.7 Å². The van der Waals surface area contributed by atoms with Gasteiger partial charge in [0.25, 0.3) is 0 Å². The molecule has 0 fully saturated rings. The Morgan fingerprint density at radius 1 is 1.53 bits per heavy atom. The molecule has 0 spiro atoms. The minimum Gasteiger partial charge on any atom is -0.508 e. The van der Waals surface area contributed by atoms with Crippen molar-refractivity contribution in [2.75, 3.05) is 6.54 Å². The van der Waals surface area contributed by atoms with Crippen LogP contribution in [0.2, 0.25) is 0 Å². The highest BCUT2D eigenvalue weighted by molar-refractivity contribution is 5.39. The molecule has 2 unspecified atom stereocenters. The first-order valence-corrected chi connectivity index (χ1v) is 5.74. The van der Waals surface area contributed by atoms with E-state index in [0.29, 0.717) is 17.6 Å². The molecule has 2 atom stereocenters. The van der Waals surface area contributed by atoms with Crippen LogP contribution in [0.3, 0.4) is 0 Å². The summed E-state index contributed by atoms with van der Waals surface area (Å²) in [5.74, 6) is 1.42. The van der Waals surface area contributed by atoms with Crippen molar-refractivity contribution in [2.45, 2.75) is 32.1 Å². The van der Waals surface area contributed by atoms with Crippen LogP contribution < -0.4 is 5.73 Å². The van der Waals surface area contributed by atoms with Crippen molar-refractivity contribution in [2.24, 2.45) is 11.7 Å². The van der Waals surface area contributed by atoms with Gasteiger partial charge in [-0.1, -0.05) is 13.0 Å². The largest absolute Gasteiger partial charge is 0.508 e. The smallest absolute Gasteiger partial charge is 0.115 e. The van der Waals surface area contributed by atoms with Gasteiger partial charge in [0.05, 0.1) is 0 Å². The average Bonchev–Trinajstić information content (AvgIpc) is 2.27. The Bertz CT molecular complexity index is 348. The van der Waals surface area contributed by atoms with Crippen molar-refractivity contribution < 1.29 is 5.11 Å². The van der Waals surface area contributed by atoms with Crippen molar-refractivity contribution in [3.05, 3.63) is 29.3 Å². The summed E-state index contributed by atoms with van der Waals surface area (Å²) >= 11 is 0. The van der Waals surface area contributed by atoms with Gasteiger partial charge in [-0.2, -0.15) is 0 Å². The Hall–Kier alpha value is -1.02. The summed E-state index contributed by atoms with van der Waals surface area (Å²) in [6.45, 7) is 2.92. The summed E-state index contributed by atoms with van der Waals surface area (Å²) in [4.78, 5) is 0. The van der Waals surface area contributed by atoms with Crippen molar-refractivity contribution in [1.82, 2.24) is 0 Å². The molecule has 0 heterocycles. The monoisotopic (exact) mass is 205 g/mol. The van der Waals surface area contributed by atoms with Crippen LogP contribution in [0.5, 0.6) is 5.75 Å². The van der Waals surface area contributed by atoms with Crippen molar-refractivity contribution in [1.29, 1.82) is 0 Å². The van der Waals surface area contributed by atoms with E-state index in [1.54, 1.807) is 6.07 Å². The van der Waals surface area contributed by atoms with Crippen LogP contribution in [0.1, 0.15) is 36.8 Å². The Morgan fingerprint density at radius 2 is 2.33 bits per heavy atom. The Labute approximate surface area is 91.1 Å². The molecule has 1 aromatic rings. The summed E-state index contributed by atoms with van der Waals surface area (Å²) in [6, 6.07) is 5.76. The SMILES string of the molecule is CC(CN)C1CCCc2ccc(O)cc21. The number of phenolic OH excluding ortho intramolecular Hbond substituents is 1. The fourth-order valence-electron chi connectivity index (χ4n) is 2.58. The van der Waals surface area contributed by atoms with E-state index in [1.807, 2.05) is 6.07 Å². The summed E-state index contributed by atoms with van der Waals surface area (Å²) in [5.41, 5.74) is 8.45. The molecule has 0 saturated carbocycles. The first-order chi connectivity index (χ1) is 7.22. The van der Waals surface area contributed by atoms with Crippen LogP contribution in [0.25, 0.3) is 0 Å². The number of aromatic hydroxyl groups is 1. The van der Waals surface area contributed by atoms with Gasteiger partial charge in [0.15, 0.2) is 0 Å². The lowest BCUT2D eigenvalue weighted by Crippen LogP contribution is -2.22. The van der Waals surface area contributed by atoms with E-state index in [1.165, 1.54) is 24.0 Å². The second-order valence-electron chi connectivity index (χ2n) is 4.59. The number of rotatable bonds is 2. The van der Waals surface area contributed by atoms with E-state index in [9.17, 15) is 5.11 Å². The first kappa shape index (κ1) is 10.5. The molecule has 0 saturated heterocycles. The zero-order valence-electron chi connectivity index (χ0n) is 9.24. The molecule has 2 heteroatoms. The predicted molar refractivity (Wildman–Crippen MR) is 62.0 cm³/mol. The van der Waals surface area contributed by atoms with Gasteiger partial charge >= 0.3 is 0 Å². The highest BCUT2D eigenvalue weighted by atomic mass is 16.3. The second-order valence-corrected chi connectivity index (χ2v) is 4.59. The zero-order chi connectivity index (χ0) is 10.8. The van der Waals surface area contributed by atoms with E-state index in [-0.39, 0.29) is 0 Å². The molecule has 0 amide bonds. The molecule has 1 aliphatic carbocycles. The minimum absolute atomic E-state index is 0.380. The number of hydrogen-bond donors (Lipinski definition) is 2. The van der Waals surface area contributed by atoms with Crippen molar-refractivity contribution in [3.63, 3.8) is 0 Å². The molecule has 1 aliphatic rings. The van der Waals surface area contributed by atoms with Crippen LogP contribution in [0, 0.1) is 5.92 Å².